The fourth-order valence-electron chi connectivity index (χ4n) is 1.77. The van der Waals surface area contributed by atoms with Crippen LogP contribution in [0.1, 0.15) is 24.5 Å². The quantitative estimate of drug-likeness (QED) is 0.768. The van der Waals surface area contributed by atoms with Crippen molar-refractivity contribution in [2.45, 2.75) is 26.3 Å². The minimum absolute atomic E-state index is 0.467. The molecule has 80 valence electrons. The number of hydrogen-bond acceptors (Lipinski definition) is 2. The SMILES string of the molecule is Cc1cccc(C(N)=S)c1NC1CC1C. The van der Waals surface area contributed by atoms with Gasteiger partial charge in [-0.1, -0.05) is 31.3 Å². The topological polar surface area (TPSA) is 38.0 Å². The molecule has 0 amide bonds. The van der Waals surface area contributed by atoms with Crippen molar-refractivity contribution in [2.24, 2.45) is 11.7 Å². The smallest absolute Gasteiger partial charge is 0.106 e. The van der Waals surface area contributed by atoms with E-state index in [2.05, 4.69) is 25.2 Å². The Morgan fingerprint density at radius 2 is 2.20 bits per heavy atom. The monoisotopic (exact) mass is 220 g/mol. The van der Waals surface area contributed by atoms with E-state index in [1.807, 2.05) is 12.1 Å². The van der Waals surface area contributed by atoms with E-state index in [0.29, 0.717) is 11.0 Å². The molecule has 0 spiro atoms. The van der Waals surface area contributed by atoms with Gasteiger partial charge in [0.15, 0.2) is 0 Å². The lowest BCUT2D eigenvalue weighted by molar-refractivity contribution is 0.928. The van der Waals surface area contributed by atoms with Crippen molar-refractivity contribution >= 4 is 22.9 Å². The van der Waals surface area contributed by atoms with Gasteiger partial charge in [-0.05, 0) is 30.9 Å². The van der Waals surface area contributed by atoms with E-state index in [0.717, 1.165) is 17.2 Å². The summed E-state index contributed by atoms with van der Waals surface area (Å²) in [6.45, 7) is 4.33. The summed E-state index contributed by atoms with van der Waals surface area (Å²) in [7, 11) is 0. The van der Waals surface area contributed by atoms with Gasteiger partial charge in [0.05, 0.1) is 0 Å². The number of hydrogen-bond donors (Lipinski definition) is 2. The average Bonchev–Trinajstić information content (AvgIpc) is 2.85. The highest BCUT2D eigenvalue weighted by molar-refractivity contribution is 7.80. The van der Waals surface area contributed by atoms with Crippen LogP contribution in [0.15, 0.2) is 18.2 Å². The minimum atomic E-state index is 0.467. The third-order valence-corrected chi connectivity index (χ3v) is 3.20. The van der Waals surface area contributed by atoms with Crippen LogP contribution in [0.2, 0.25) is 0 Å². The average molecular weight is 220 g/mol. The highest BCUT2D eigenvalue weighted by atomic mass is 32.1. The van der Waals surface area contributed by atoms with Crippen LogP contribution in [0, 0.1) is 12.8 Å². The molecule has 3 N–H and O–H groups in total. The van der Waals surface area contributed by atoms with Gasteiger partial charge in [0.1, 0.15) is 4.99 Å². The van der Waals surface area contributed by atoms with Crippen LogP contribution in [-0.2, 0) is 0 Å². The third kappa shape index (κ3) is 2.12. The second kappa shape index (κ2) is 3.81. The highest BCUT2D eigenvalue weighted by Gasteiger charge is 2.33. The van der Waals surface area contributed by atoms with Crippen molar-refractivity contribution in [1.29, 1.82) is 0 Å². The van der Waals surface area contributed by atoms with E-state index < -0.39 is 0 Å². The standard InChI is InChI=1S/C12H16N2S/c1-7-4-3-5-9(12(13)15)11(7)14-10-6-8(10)2/h3-5,8,10,14H,6H2,1-2H3,(H2,13,15). The summed E-state index contributed by atoms with van der Waals surface area (Å²) in [5, 5.41) is 3.52. The van der Waals surface area contributed by atoms with Crippen LogP contribution < -0.4 is 11.1 Å². The van der Waals surface area contributed by atoms with E-state index >= 15 is 0 Å². The van der Waals surface area contributed by atoms with Crippen LogP contribution >= 0.6 is 12.2 Å². The van der Waals surface area contributed by atoms with E-state index in [1.165, 1.54) is 12.0 Å². The van der Waals surface area contributed by atoms with Gasteiger partial charge in [0, 0.05) is 17.3 Å². The summed E-state index contributed by atoms with van der Waals surface area (Å²) in [4.78, 5) is 0.467. The molecule has 1 fully saturated rings. The van der Waals surface area contributed by atoms with E-state index in [9.17, 15) is 0 Å². The number of nitrogens with two attached hydrogens (primary N) is 1. The van der Waals surface area contributed by atoms with Crippen molar-refractivity contribution in [3.05, 3.63) is 29.3 Å². The van der Waals surface area contributed by atoms with E-state index in [1.54, 1.807) is 0 Å². The highest BCUT2D eigenvalue weighted by Crippen LogP contribution is 2.34. The van der Waals surface area contributed by atoms with Crippen molar-refractivity contribution in [2.75, 3.05) is 5.32 Å². The van der Waals surface area contributed by atoms with Gasteiger partial charge in [0.25, 0.3) is 0 Å². The molecular weight excluding hydrogens is 204 g/mol. The van der Waals surface area contributed by atoms with Crippen LogP contribution in [0.5, 0.6) is 0 Å². The largest absolute Gasteiger partial charge is 0.389 e. The Kier molecular flexibility index (Phi) is 2.65. The predicted molar refractivity (Wildman–Crippen MR) is 68.3 cm³/mol. The van der Waals surface area contributed by atoms with Crippen LogP contribution in [0.25, 0.3) is 0 Å². The van der Waals surface area contributed by atoms with Gasteiger partial charge < -0.3 is 11.1 Å². The van der Waals surface area contributed by atoms with Gasteiger partial charge in [-0.25, -0.2) is 0 Å². The summed E-state index contributed by atoms with van der Waals surface area (Å²) < 4.78 is 0. The van der Waals surface area contributed by atoms with Gasteiger partial charge >= 0.3 is 0 Å². The molecule has 0 aromatic heterocycles. The zero-order valence-electron chi connectivity index (χ0n) is 9.08. The molecule has 0 heterocycles. The Morgan fingerprint density at radius 1 is 1.53 bits per heavy atom. The third-order valence-electron chi connectivity index (χ3n) is 2.98. The lowest BCUT2D eigenvalue weighted by Gasteiger charge is -2.13. The van der Waals surface area contributed by atoms with Crippen molar-refractivity contribution in [3.8, 4) is 0 Å². The first-order valence-corrected chi connectivity index (χ1v) is 5.66. The first-order valence-electron chi connectivity index (χ1n) is 5.25. The summed E-state index contributed by atoms with van der Waals surface area (Å²) >= 11 is 5.05. The first-order chi connectivity index (χ1) is 7.09. The molecule has 1 aliphatic rings. The molecule has 0 bridgehead atoms. The number of aryl methyl sites for hydroxylation is 1. The molecular formula is C12H16N2S. The molecule has 1 aliphatic carbocycles. The fourth-order valence-corrected chi connectivity index (χ4v) is 1.94. The molecule has 2 nitrogen and oxygen atoms in total. The first kappa shape index (κ1) is 10.4. The summed E-state index contributed by atoms with van der Waals surface area (Å²) in [5.74, 6) is 0.767. The Hall–Kier alpha value is -1.09. The van der Waals surface area contributed by atoms with Gasteiger partial charge in [-0.3, -0.25) is 0 Å². The van der Waals surface area contributed by atoms with Crippen LogP contribution in [0.4, 0.5) is 5.69 Å². The zero-order valence-corrected chi connectivity index (χ0v) is 9.90. The molecule has 2 rings (SSSR count). The number of benzene rings is 1. The Labute approximate surface area is 95.9 Å². The second-order valence-corrected chi connectivity index (χ2v) is 4.77. The van der Waals surface area contributed by atoms with Gasteiger partial charge in [0.2, 0.25) is 0 Å². The molecule has 0 saturated heterocycles. The van der Waals surface area contributed by atoms with Gasteiger partial charge in [-0.2, -0.15) is 0 Å². The lowest BCUT2D eigenvalue weighted by Crippen LogP contribution is -2.15. The molecule has 0 aliphatic heterocycles. The number of rotatable bonds is 3. The second-order valence-electron chi connectivity index (χ2n) is 4.33. The molecule has 1 aromatic rings. The van der Waals surface area contributed by atoms with Gasteiger partial charge in [-0.15, -0.1) is 0 Å². The normalized spacial score (nSPS) is 23.6. The predicted octanol–water partition coefficient (Wildman–Crippen LogP) is 2.45. The maximum atomic E-state index is 5.71. The molecule has 3 heteroatoms. The Balaban J connectivity index is 2.30. The number of nitrogens with one attached hydrogen (secondary N) is 1. The Bertz CT molecular complexity index is 401. The number of thiocarbonyl (C=S) groups is 1. The molecule has 1 saturated carbocycles. The maximum Gasteiger partial charge on any atom is 0.106 e. The Morgan fingerprint density at radius 3 is 2.73 bits per heavy atom. The fraction of sp³-hybridized carbons (Fsp3) is 0.417. The molecule has 1 aromatic carbocycles. The van der Waals surface area contributed by atoms with E-state index in [4.69, 9.17) is 18.0 Å². The zero-order chi connectivity index (χ0) is 11.0. The molecule has 2 unspecified atom stereocenters. The van der Waals surface area contributed by atoms with Crippen molar-refractivity contribution in [1.82, 2.24) is 0 Å². The molecule has 15 heavy (non-hydrogen) atoms. The summed E-state index contributed by atoms with van der Waals surface area (Å²) in [6.07, 6.45) is 1.24. The number of anilines is 1. The maximum absolute atomic E-state index is 5.71. The lowest BCUT2D eigenvalue weighted by atomic mass is 10.1. The molecule has 0 radical (unpaired) electrons. The number of para-hydroxylation sites is 1. The minimum Gasteiger partial charge on any atom is -0.389 e. The van der Waals surface area contributed by atoms with E-state index in [-0.39, 0.29) is 0 Å². The summed E-state index contributed by atoms with van der Waals surface area (Å²) in [6, 6.07) is 6.65. The summed E-state index contributed by atoms with van der Waals surface area (Å²) in [5.41, 5.74) is 8.99. The molecule has 2 atom stereocenters. The van der Waals surface area contributed by atoms with Crippen molar-refractivity contribution in [3.63, 3.8) is 0 Å². The van der Waals surface area contributed by atoms with Crippen molar-refractivity contribution < 1.29 is 0 Å². The van der Waals surface area contributed by atoms with Crippen LogP contribution in [-0.4, -0.2) is 11.0 Å². The van der Waals surface area contributed by atoms with Crippen LogP contribution in [0.3, 0.4) is 0 Å².